The predicted molar refractivity (Wildman–Crippen MR) is 68.6 cm³/mol. The summed E-state index contributed by atoms with van der Waals surface area (Å²) < 4.78 is 5.66. The van der Waals surface area contributed by atoms with Crippen LogP contribution in [-0.2, 0) is 5.33 Å². The Morgan fingerprint density at radius 2 is 2.06 bits per heavy atom. The molecule has 1 saturated heterocycles. The van der Waals surface area contributed by atoms with Crippen LogP contribution in [0.3, 0.4) is 0 Å². The van der Waals surface area contributed by atoms with E-state index in [1.165, 1.54) is 0 Å². The van der Waals surface area contributed by atoms with E-state index in [4.69, 9.17) is 4.42 Å². The van der Waals surface area contributed by atoms with Gasteiger partial charge in [-0.15, -0.1) is 22.0 Å². The second-order valence-electron chi connectivity index (χ2n) is 4.96. The molecular weight excluding hydrogens is 290 g/mol. The molecule has 1 N–H and O–H groups in total. The quantitative estimate of drug-likeness (QED) is 0.852. The zero-order valence-electron chi connectivity index (χ0n) is 9.87. The number of halogens is 1. The van der Waals surface area contributed by atoms with Crippen LogP contribution in [0.15, 0.2) is 4.42 Å². The van der Waals surface area contributed by atoms with Crippen LogP contribution in [0.1, 0.15) is 45.5 Å². The average molecular weight is 306 g/mol. The molecule has 0 bridgehead atoms. The van der Waals surface area contributed by atoms with Gasteiger partial charge in [-0.2, -0.15) is 0 Å². The Hall–Kier alpha value is -0.0700. The van der Waals surface area contributed by atoms with Gasteiger partial charge in [-0.25, -0.2) is 0 Å². The molecule has 1 aromatic rings. The third-order valence-corrected chi connectivity index (χ3v) is 4.42. The van der Waals surface area contributed by atoms with Gasteiger partial charge in [0.1, 0.15) is 6.04 Å². The lowest BCUT2D eigenvalue weighted by Crippen LogP contribution is -2.34. The number of hydrogen-bond donors (Lipinski definition) is 1. The van der Waals surface area contributed by atoms with E-state index in [0.717, 1.165) is 0 Å². The van der Waals surface area contributed by atoms with Gasteiger partial charge in [-0.3, -0.25) is 5.32 Å². The summed E-state index contributed by atoms with van der Waals surface area (Å²) in [5, 5.41) is 12.2. The average Bonchev–Trinajstić information content (AvgIpc) is 2.67. The van der Waals surface area contributed by atoms with Crippen LogP contribution in [0.25, 0.3) is 0 Å². The molecule has 16 heavy (non-hydrogen) atoms. The summed E-state index contributed by atoms with van der Waals surface area (Å²) in [4.78, 5) is 0.0389. The summed E-state index contributed by atoms with van der Waals surface area (Å²) in [5.74, 6) is 1.31. The lowest BCUT2D eigenvalue weighted by molar-refractivity contribution is 0.341. The molecular formula is C10H16BrN3OS. The van der Waals surface area contributed by atoms with Crippen LogP contribution >= 0.6 is 27.7 Å². The molecule has 0 spiro atoms. The van der Waals surface area contributed by atoms with E-state index in [1.807, 2.05) is 11.8 Å². The molecule has 1 fully saturated rings. The topological polar surface area (TPSA) is 51.0 Å². The van der Waals surface area contributed by atoms with Crippen molar-refractivity contribution in [3.8, 4) is 0 Å². The summed E-state index contributed by atoms with van der Waals surface area (Å²) in [5.41, 5.74) is 0. The van der Waals surface area contributed by atoms with Crippen LogP contribution in [0.5, 0.6) is 0 Å². The lowest BCUT2D eigenvalue weighted by Gasteiger charge is -2.22. The molecule has 4 nitrogen and oxygen atoms in total. The first-order valence-corrected chi connectivity index (χ1v) is 7.14. The fourth-order valence-corrected chi connectivity index (χ4v) is 4.06. The molecule has 0 saturated carbocycles. The van der Waals surface area contributed by atoms with Gasteiger partial charge in [0.25, 0.3) is 0 Å². The van der Waals surface area contributed by atoms with E-state index in [2.05, 4.69) is 59.1 Å². The maximum absolute atomic E-state index is 5.60. The van der Waals surface area contributed by atoms with E-state index in [-0.39, 0.29) is 15.7 Å². The zero-order valence-corrected chi connectivity index (χ0v) is 12.3. The highest BCUT2D eigenvalue weighted by Gasteiger charge is 2.48. The van der Waals surface area contributed by atoms with Crippen LogP contribution < -0.4 is 5.32 Å². The molecule has 2 rings (SSSR count). The van der Waals surface area contributed by atoms with Crippen molar-refractivity contribution in [3.05, 3.63) is 11.8 Å². The maximum Gasteiger partial charge on any atom is 0.234 e. The summed E-state index contributed by atoms with van der Waals surface area (Å²) in [6.45, 7) is 8.73. The van der Waals surface area contributed by atoms with Gasteiger partial charge in [0.05, 0.1) is 10.2 Å². The van der Waals surface area contributed by atoms with Crippen LogP contribution in [0.4, 0.5) is 0 Å². The van der Waals surface area contributed by atoms with Gasteiger partial charge in [0.2, 0.25) is 11.8 Å². The van der Waals surface area contributed by atoms with Gasteiger partial charge >= 0.3 is 0 Å². The lowest BCUT2D eigenvalue weighted by atomic mass is 10.0. The molecule has 0 aliphatic carbocycles. The Morgan fingerprint density at radius 1 is 1.38 bits per heavy atom. The number of rotatable bonds is 2. The van der Waals surface area contributed by atoms with E-state index >= 15 is 0 Å². The first-order valence-electron chi connectivity index (χ1n) is 5.20. The van der Waals surface area contributed by atoms with Crippen molar-refractivity contribution < 1.29 is 4.42 Å². The second-order valence-corrected chi connectivity index (χ2v) is 7.80. The number of aromatic nitrogens is 2. The predicted octanol–water partition coefficient (Wildman–Crippen LogP) is 2.86. The SMILES string of the molecule is CC1(C)N[C@H](c2nnc(CBr)o2)C(C)(C)S1. The van der Waals surface area contributed by atoms with Crippen LogP contribution in [-0.4, -0.2) is 19.8 Å². The Bertz CT molecular complexity index is 391. The number of alkyl halides is 1. The van der Waals surface area contributed by atoms with E-state index in [1.54, 1.807) is 0 Å². The van der Waals surface area contributed by atoms with E-state index in [9.17, 15) is 0 Å². The third-order valence-electron chi connectivity index (χ3n) is 2.55. The highest BCUT2D eigenvalue weighted by molar-refractivity contribution is 9.08. The minimum Gasteiger partial charge on any atom is -0.423 e. The molecule has 1 atom stereocenters. The summed E-state index contributed by atoms with van der Waals surface area (Å²) >= 11 is 5.20. The molecule has 0 radical (unpaired) electrons. The number of thioether (sulfide) groups is 1. The zero-order chi connectivity index (χ0) is 12.0. The molecule has 6 heteroatoms. The van der Waals surface area contributed by atoms with Crippen molar-refractivity contribution in [2.24, 2.45) is 0 Å². The van der Waals surface area contributed by atoms with Crippen molar-refractivity contribution in [2.45, 2.75) is 48.7 Å². The molecule has 1 aromatic heterocycles. The van der Waals surface area contributed by atoms with Gasteiger partial charge in [-0.1, -0.05) is 15.9 Å². The Kier molecular flexibility index (Phi) is 3.09. The number of hydrogen-bond acceptors (Lipinski definition) is 5. The molecule has 90 valence electrons. The summed E-state index contributed by atoms with van der Waals surface area (Å²) in [6, 6.07) is 0.104. The Balaban J connectivity index is 2.27. The van der Waals surface area contributed by atoms with Crippen molar-refractivity contribution in [1.82, 2.24) is 15.5 Å². The second kappa shape index (κ2) is 3.99. The van der Waals surface area contributed by atoms with E-state index < -0.39 is 0 Å². The Labute approximate surface area is 108 Å². The van der Waals surface area contributed by atoms with Crippen molar-refractivity contribution in [3.63, 3.8) is 0 Å². The van der Waals surface area contributed by atoms with E-state index in [0.29, 0.717) is 17.1 Å². The number of nitrogens with one attached hydrogen (secondary N) is 1. The van der Waals surface area contributed by atoms with Gasteiger partial charge in [-0.05, 0) is 27.7 Å². The van der Waals surface area contributed by atoms with Gasteiger partial charge < -0.3 is 4.42 Å². The molecule has 0 amide bonds. The van der Waals surface area contributed by atoms with Crippen LogP contribution in [0.2, 0.25) is 0 Å². The Morgan fingerprint density at radius 3 is 2.50 bits per heavy atom. The highest BCUT2D eigenvalue weighted by atomic mass is 79.9. The smallest absolute Gasteiger partial charge is 0.234 e. The first kappa shape index (κ1) is 12.4. The molecule has 0 aromatic carbocycles. The normalized spacial score (nSPS) is 27.2. The first-order chi connectivity index (χ1) is 7.34. The maximum atomic E-state index is 5.60. The minimum atomic E-state index is 0.0389. The fraction of sp³-hybridized carbons (Fsp3) is 0.800. The molecule has 1 aliphatic heterocycles. The van der Waals surface area contributed by atoms with Crippen molar-refractivity contribution in [1.29, 1.82) is 0 Å². The molecule has 0 unspecified atom stereocenters. The van der Waals surface area contributed by atoms with Crippen LogP contribution in [0, 0.1) is 0 Å². The van der Waals surface area contributed by atoms with Gasteiger partial charge in [0, 0.05) is 4.75 Å². The van der Waals surface area contributed by atoms with Crippen molar-refractivity contribution in [2.75, 3.05) is 0 Å². The standard InChI is InChI=1S/C10H16BrN3OS/c1-9(2)7(12-10(3,4)16-9)8-14-13-6(5-11)15-8/h7,12H,5H2,1-4H3/t7-/m1/s1. The summed E-state index contributed by atoms with van der Waals surface area (Å²) in [6.07, 6.45) is 0. The highest BCUT2D eigenvalue weighted by Crippen LogP contribution is 2.50. The monoisotopic (exact) mass is 305 g/mol. The fourth-order valence-electron chi connectivity index (χ4n) is 2.06. The summed E-state index contributed by atoms with van der Waals surface area (Å²) in [7, 11) is 0. The third kappa shape index (κ3) is 2.28. The number of nitrogens with zero attached hydrogens (tertiary/aromatic N) is 2. The van der Waals surface area contributed by atoms with Gasteiger partial charge in [0.15, 0.2) is 0 Å². The van der Waals surface area contributed by atoms with Crippen molar-refractivity contribution >= 4 is 27.7 Å². The minimum absolute atomic E-state index is 0.0389. The largest absolute Gasteiger partial charge is 0.423 e. The molecule has 2 heterocycles. The molecule has 1 aliphatic rings.